The average Bonchev–Trinajstić information content (AvgIpc) is 2.69. The van der Waals surface area contributed by atoms with Gasteiger partial charge in [0.25, 0.3) is 10.0 Å². The van der Waals surface area contributed by atoms with Crippen LogP contribution in [0.1, 0.15) is 43.0 Å². The van der Waals surface area contributed by atoms with E-state index in [1.807, 2.05) is 33.8 Å². The van der Waals surface area contributed by atoms with E-state index in [0.29, 0.717) is 10.0 Å². The number of carbonyl (C=O) groups excluding carboxylic acids is 2. The van der Waals surface area contributed by atoms with Crippen molar-refractivity contribution in [2.24, 2.45) is 0 Å². The van der Waals surface area contributed by atoms with Crippen LogP contribution >= 0.6 is 0 Å². The summed E-state index contributed by atoms with van der Waals surface area (Å²) in [5.41, 5.74) is 4.36. The Balaban J connectivity index is 2.20. The van der Waals surface area contributed by atoms with Crippen molar-refractivity contribution in [1.82, 2.24) is 4.47 Å². The number of aryl methyl sites for hydroxylation is 2. The third kappa shape index (κ3) is 4.72. The molecule has 156 valence electrons. The molecule has 0 saturated carbocycles. The molecular formula is C21H25NO6S. The minimum absolute atomic E-state index is 0.0249. The molecule has 2 rings (SSSR count). The molecule has 0 saturated heterocycles. The number of sulfonamides is 1. The van der Waals surface area contributed by atoms with Crippen molar-refractivity contribution in [2.45, 2.75) is 32.6 Å². The molecule has 29 heavy (non-hydrogen) atoms. The van der Waals surface area contributed by atoms with Crippen molar-refractivity contribution in [2.75, 3.05) is 20.8 Å². The number of Topliss-reactive ketones (excluding diaryl/α,β-unsaturated/α-hetero) is 1. The Kier molecular flexibility index (Phi) is 6.94. The van der Waals surface area contributed by atoms with E-state index in [2.05, 4.69) is 0 Å². The molecule has 0 heterocycles. The molecule has 2 aromatic carbocycles. The summed E-state index contributed by atoms with van der Waals surface area (Å²) in [6.45, 7) is 7.19. The van der Waals surface area contributed by atoms with E-state index in [1.54, 1.807) is 0 Å². The molecule has 8 heteroatoms. The van der Waals surface area contributed by atoms with Crippen LogP contribution in [-0.4, -0.2) is 45.4 Å². The molecule has 0 aromatic heterocycles. The number of nitrogens with zero attached hydrogens (tertiary/aromatic N) is 1. The highest BCUT2D eigenvalue weighted by molar-refractivity contribution is 7.89. The van der Waals surface area contributed by atoms with E-state index in [1.165, 1.54) is 38.4 Å². The Morgan fingerprint density at radius 3 is 2.28 bits per heavy atom. The lowest BCUT2D eigenvalue weighted by Crippen LogP contribution is -2.26. The van der Waals surface area contributed by atoms with Crippen LogP contribution in [0.5, 0.6) is 0 Å². The van der Waals surface area contributed by atoms with E-state index in [9.17, 15) is 18.0 Å². The largest absolute Gasteiger partial charge is 0.454 e. The summed E-state index contributed by atoms with van der Waals surface area (Å²) in [6, 6.07) is 7.30. The molecule has 0 atom stereocenters. The SMILES string of the molecule is CON(C)S(=O)(=O)c1cccc(C(=O)OCC(=O)c2c(C)cc(C)c(C)c2C)c1. The van der Waals surface area contributed by atoms with Gasteiger partial charge in [0.05, 0.1) is 17.6 Å². The minimum Gasteiger partial charge on any atom is -0.454 e. The number of hydroxylamine groups is 1. The number of ether oxygens (including phenoxy) is 1. The van der Waals surface area contributed by atoms with Gasteiger partial charge < -0.3 is 4.74 Å². The third-order valence-corrected chi connectivity index (χ3v) is 6.61. The zero-order valence-corrected chi connectivity index (χ0v) is 18.2. The van der Waals surface area contributed by atoms with E-state index < -0.39 is 22.6 Å². The first-order chi connectivity index (χ1) is 13.5. The van der Waals surface area contributed by atoms with Crippen molar-refractivity contribution in [1.29, 1.82) is 0 Å². The second-order valence-electron chi connectivity index (χ2n) is 6.76. The van der Waals surface area contributed by atoms with Gasteiger partial charge in [-0.3, -0.25) is 9.63 Å². The van der Waals surface area contributed by atoms with Crippen molar-refractivity contribution >= 4 is 21.8 Å². The van der Waals surface area contributed by atoms with Crippen LogP contribution in [0.25, 0.3) is 0 Å². The first-order valence-electron chi connectivity index (χ1n) is 8.91. The molecule has 0 amide bonds. The second-order valence-corrected chi connectivity index (χ2v) is 8.70. The smallest absolute Gasteiger partial charge is 0.338 e. The Morgan fingerprint density at radius 1 is 1.00 bits per heavy atom. The molecule has 0 N–H and O–H groups in total. The molecule has 0 aliphatic carbocycles. The Hall–Kier alpha value is -2.55. The number of benzene rings is 2. The molecule has 2 aromatic rings. The molecule has 0 aliphatic rings. The number of rotatable bonds is 7. The standard InChI is InChI=1S/C21H25NO6S/c1-13-10-14(2)20(16(4)15(13)3)19(23)12-28-21(24)17-8-7-9-18(11-17)29(25,26)22(5)27-6/h7-11H,12H2,1-6H3. The number of carbonyl (C=O) groups is 2. The topological polar surface area (TPSA) is 90.0 Å². The van der Waals surface area contributed by atoms with Crippen LogP contribution in [-0.2, 0) is 19.6 Å². The molecule has 7 nitrogen and oxygen atoms in total. The average molecular weight is 419 g/mol. The van der Waals surface area contributed by atoms with Gasteiger partial charge in [-0.2, -0.15) is 0 Å². The number of ketones is 1. The monoisotopic (exact) mass is 419 g/mol. The summed E-state index contributed by atoms with van der Waals surface area (Å²) in [5.74, 6) is -1.09. The third-order valence-electron chi connectivity index (χ3n) is 4.93. The maximum Gasteiger partial charge on any atom is 0.338 e. The van der Waals surface area contributed by atoms with Gasteiger partial charge in [-0.25, -0.2) is 13.2 Å². The molecule has 0 unspecified atom stereocenters. The van der Waals surface area contributed by atoms with Crippen molar-refractivity contribution < 1.29 is 27.6 Å². The van der Waals surface area contributed by atoms with Crippen LogP contribution in [0, 0.1) is 27.7 Å². The van der Waals surface area contributed by atoms with Crippen LogP contribution in [0.2, 0.25) is 0 Å². The summed E-state index contributed by atoms with van der Waals surface area (Å²) < 4.78 is 30.5. The first-order valence-corrected chi connectivity index (χ1v) is 10.4. The zero-order valence-electron chi connectivity index (χ0n) is 17.4. The molecule has 0 fully saturated rings. The quantitative estimate of drug-likeness (QED) is 0.389. The fourth-order valence-electron chi connectivity index (χ4n) is 3.03. The number of esters is 1. The summed E-state index contributed by atoms with van der Waals surface area (Å²) in [4.78, 5) is 29.6. The minimum atomic E-state index is -3.90. The Bertz CT molecular complexity index is 1060. The van der Waals surface area contributed by atoms with Gasteiger partial charge in [-0.1, -0.05) is 16.6 Å². The molecular weight excluding hydrogens is 394 g/mol. The molecule has 0 spiro atoms. The maximum absolute atomic E-state index is 12.6. The van der Waals surface area contributed by atoms with Crippen molar-refractivity contribution in [3.05, 3.63) is 63.7 Å². The summed E-state index contributed by atoms with van der Waals surface area (Å²) in [5, 5.41) is 0. The molecule has 0 bridgehead atoms. The normalized spacial score (nSPS) is 11.6. The van der Waals surface area contributed by atoms with Gasteiger partial charge in [0.15, 0.2) is 6.61 Å². The van der Waals surface area contributed by atoms with Crippen LogP contribution in [0.15, 0.2) is 35.2 Å². The molecule has 0 aliphatic heterocycles. The summed E-state index contributed by atoms with van der Waals surface area (Å²) in [6.07, 6.45) is 0. The highest BCUT2D eigenvalue weighted by Crippen LogP contribution is 2.22. The fraction of sp³-hybridized carbons (Fsp3) is 0.333. The highest BCUT2D eigenvalue weighted by atomic mass is 32.2. The molecule has 0 radical (unpaired) electrons. The van der Waals surface area contributed by atoms with Crippen LogP contribution < -0.4 is 0 Å². The number of hydrogen-bond acceptors (Lipinski definition) is 6. The second kappa shape index (κ2) is 8.86. The predicted molar refractivity (Wildman–Crippen MR) is 108 cm³/mol. The van der Waals surface area contributed by atoms with Crippen molar-refractivity contribution in [3.8, 4) is 0 Å². The Morgan fingerprint density at radius 2 is 1.66 bits per heavy atom. The fourth-order valence-corrected chi connectivity index (χ4v) is 4.05. The van der Waals surface area contributed by atoms with Gasteiger partial charge in [0.2, 0.25) is 5.78 Å². The lowest BCUT2D eigenvalue weighted by Gasteiger charge is -2.15. The van der Waals surface area contributed by atoms with E-state index >= 15 is 0 Å². The van der Waals surface area contributed by atoms with E-state index in [-0.39, 0.29) is 16.2 Å². The zero-order chi connectivity index (χ0) is 21.9. The highest BCUT2D eigenvalue weighted by Gasteiger charge is 2.23. The van der Waals surface area contributed by atoms with Crippen molar-refractivity contribution in [3.63, 3.8) is 0 Å². The summed E-state index contributed by atoms with van der Waals surface area (Å²) in [7, 11) is -1.44. The van der Waals surface area contributed by atoms with Gasteiger partial charge in [0, 0.05) is 12.6 Å². The van der Waals surface area contributed by atoms with E-state index in [0.717, 1.165) is 22.3 Å². The van der Waals surface area contributed by atoms with Crippen LogP contribution in [0.4, 0.5) is 0 Å². The van der Waals surface area contributed by atoms with Gasteiger partial charge in [-0.05, 0) is 68.1 Å². The summed E-state index contributed by atoms with van der Waals surface area (Å²) >= 11 is 0. The Labute approximate surface area is 171 Å². The van der Waals surface area contributed by atoms with Gasteiger partial charge >= 0.3 is 5.97 Å². The number of hydrogen-bond donors (Lipinski definition) is 0. The van der Waals surface area contributed by atoms with Gasteiger partial charge in [-0.15, -0.1) is 0 Å². The van der Waals surface area contributed by atoms with E-state index in [4.69, 9.17) is 9.57 Å². The first kappa shape index (κ1) is 22.7. The van der Waals surface area contributed by atoms with Gasteiger partial charge in [0.1, 0.15) is 0 Å². The predicted octanol–water partition coefficient (Wildman–Crippen LogP) is 3.14. The maximum atomic E-state index is 12.6. The van der Waals surface area contributed by atoms with Crippen LogP contribution in [0.3, 0.4) is 0 Å². The lowest BCUT2D eigenvalue weighted by molar-refractivity contribution is -0.0258. The lowest BCUT2D eigenvalue weighted by atomic mass is 9.92.